The van der Waals surface area contributed by atoms with Gasteiger partial charge in [0.25, 0.3) is 5.91 Å². The quantitative estimate of drug-likeness (QED) is 0.315. The van der Waals surface area contributed by atoms with E-state index in [0.29, 0.717) is 54.9 Å². The minimum Gasteiger partial charge on any atom is -0.493 e. The number of aliphatic carboxylic acids is 1. The minimum absolute atomic E-state index is 0.0189. The molecular formula is C30H40N2O9. The van der Waals surface area contributed by atoms with Crippen LogP contribution < -0.4 is 23.7 Å². The van der Waals surface area contributed by atoms with Crippen molar-refractivity contribution >= 4 is 11.9 Å². The fraction of sp³-hybridized carbons (Fsp3) is 0.533. The van der Waals surface area contributed by atoms with Crippen LogP contribution in [0.25, 0.3) is 0 Å². The predicted molar refractivity (Wildman–Crippen MR) is 150 cm³/mol. The highest BCUT2D eigenvalue weighted by Crippen LogP contribution is 2.47. The third-order valence-electron chi connectivity index (χ3n) is 7.38. The molecule has 4 rings (SSSR count). The lowest BCUT2D eigenvalue weighted by molar-refractivity contribution is -0.188. The Hall–Kier alpha value is -3.70. The van der Waals surface area contributed by atoms with Crippen molar-refractivity contribution < 1.29 is 43.2 Å². The van der Waals surface area contributed by atoms with Crippen LogP contribution in [-0.4, -0.2) is 86.8 Å². The van der Waals surface area contributed by atoms with Crippen LogP contribution in [0.15, 0.2) is 36.4 Å². The number of hydrogen-bond donors (Lipinski definition) is 1. The van der Waals surface area contributed by atoms with Gasteiger partial charge in [-0.2, -0.15) is 0 Å². The first kappa shape index (κ1) is 30.3. The van der Waals surface area contributed by atoms with Crippen LogP contribution in [0.2, 0.25) is 0 Å². The van der Waals surface area contributed by atoms with Gasteiger partial charge in [0.1, 0.15) is 0 Å². The molecule has 0 aliphatic carbocycles. The average molecular weight is 573 g/mol. The third-order valence-corrected chi connectivity index (χ3v) is 7.38. The molecule has 1 fully saturated rings. The number of carbonyl (C=O) groups excluding carboxylic acids is 1. The Morgan fingerprint density at radius 1 is 1.02 bits per heavy atom. The number of hydrogen-bond acceptors (Lipinski definition) is 9. The van der Waals surface area contributed by atoms with Crippen molar-refractivity contribution in [2.75, 3.05) is 53.9 Å². The van der Waals surface area contributed by atoms with E-state index in [-0.39, 0.29) is 25.9 Å². The molecule has 11 heteroatoms. The van der Waals surface area contributed by atoms with Gasteiger partial charge in [-0.05, 0) is 49.1 Å². The van der Waals surface area contributed by atoms with Gasteiger partial charge in [0.15, 0.2) is 23.0 Å². The SMILES string of the molecule is CCCON(CCC)C(=O)CN1C[C@H](c2cc(OC)c3c(c2)OCO3)[C@@H](C(=O)O)[C@@H]1CCOc1ccccc1OC. The number of carboxylic acid groups (broad SMARTS) is 1. The summed E-state index contributed by atoms with van der Waals surface area (Å²) in [5.41, 5.74) is 0.747. The van der Waals surface area contributed by atoms with Gasteiger partial charge in [0, 0.05) is 25.0 Å². The summed E-state index contributed by atoms with van der Waals surface area (Å²) in [6.07, 6.45) is 1.89. The summed E-state index contributed by atoms with van der Waals surface area (Å²) in [6, 6.07) is 10.4. The molecule has 2 aliphatic rings. The van der Waals surface area contributed by atoms with Gasteiger partial charge in [-0.15, -0.1) is 0 Å². The van der Waals surface area contributed by atoms with E-state index in [0.717, 1.165) is 18.4 Å². The lowest BCUT2D eigenvalue weighted by atomic mass is 9.84. The average Bonchev–Trinajstić information content (AvgIpc) is 3.60. The molecule has 1 N–H and O–H groups in total. The van der Waals surface area contributed by atoms with Gasteiger partial charge >= 0.3 is 5.97 Å². The number of fused-ring (bicyclic) bond motifs is 1. The maximum atomic E-state index is 13.4. The van der Waals surface area contributed by atoms with Crippen molar-refractivity contribution in [3.05, 3.63) is 42.0 Å². The van der Waals surface area contributed by atoms with Crippen molar-refractivity contribution in [1.82, 2.24) is 9.96 Å². The molecule has 0 unspecified atom stereocenters. The van der Waals surface area contributed by atoms with E-state index < -0.39 is 23.8 Å². The number of nitrogens with zero attached hydrogens (tertiary/aromatic N) is 2. The number of rotatable bonds is 15. The molecule has 41 heavy (non-hydrogen) atoms. The van der Waals surface area contributed by atoms with E-state index in [2.05, 4.69) is 0 Å². The largest absolute Gasteiger partial charge is 0.493 e. The predicted octanol–water partition coefficient (Wildman–Crippen LogP) is 3.95. The van der Waals surface area contributed by atoms with Crippen LogP contribution in [0.5, 0.6) is 28.7 Å². The standard InChI is InChI=1S/C30H40N2O9/c1-5-12-32(41-13-6-2)27(33)18-31-17-21(20-15-25(37-4)29-26(16-20)39-19-40-29)28(30(34)35)22(31)11-14-38-24-10-8-7-9-23(24)36-3/h7-10,15-16,21-22,28H,5-6,11-14,17-19H2,1-4H3,(H,34,35)/t21-,22+,28-/m1/s1. The second-order valence-corrected chi connectivity index (χ2v) is 10.0. The summed E-state index contributed by atoms with van der Waals surface area (Å²) in [4.78, 5) is 33.9. The number of amides is 1. The molecule has 0 radical (unpaired) electrons. The highest BCUT2D eigenvalue weighted by Gasteiger charge is 2.47. The third kappa shape index (κ3) is 6.97. The van der Waals surface area contributed by atoms with Crippen molar-refractivity contribution in [3.8, 4) is 28.7 Å². The first-order chi connectivity index (χ1) is 19.9. The molecule has 0 aromatic heterocycles. The van der Waals surface area contributed by atoms with E-state index in [1.54, 1.807) is 25.3 Å². The van der Waals surface area contributed by atoms with Crippen molar-refractivity contribution in [1.29, 1.82) is 0 Å². The highest BCUT2D eigenvalue weighted by atomic mass is 16.7. The molecule has 0 bridgehead atoms. The second kappa shape index (κ2) is 14.3. The van der Waals surface area contributed by atoms with Crippen molar-refractivity contribution in [2.45, 2.75) is 45.1 Å². The van der Waals surface area contributed by atoms with Gasteiger partial charge in [-0.1, -0.05) is 26.0 Å². The van der Waals surface area contributed by atoms with Crippen LogP contribution in [-0.2, 0) is 14.4 Å². The van der Waals surface area contributed by atoms with Gasteiger partial charge < -0.3 is 28.8 Å². The number of carbonyl (C=O) groups is 2. The summed E-state index contributed by atoms with van der Waals surface area (Å²) < 4.78 is 28.1. The van der Waals surface area contributed by atoms with Crippen LogP contribution in [0.3, 0.4) is 0 Å². The molecule has 3 atom stereocenters. The number of methoxy groups -OCH3 is 2. The van der Waals surface area contributed by atoms with Gasteiger partial charge in [-0.3, -0.25) is 19.3 Å². The fourth-order valence-electron chi connectivity index (χ4n) is 5.50. The normalized spacial score (nSPS) is 19.7. The number of carboxylic acids is 1. The molecule has 11 nitrogen and oxygen atoms in total. The lowest BCUT2D eigenvalue weighted by Crippen LogP contribution is -2.45. The molecule has 0 spiro atoms. The number of hydroxylamine groups is 2. The summed E-state index contributed by atoms with van der Waals surface area (Å²) in [5, 5.41) is 11.9. The molecule has 2 heterocycles. The molecular weight excluding hydrogens is 532 g/mol. The van der Waals surface area contributed by atoms with E-state index in [4.69, 9.17) is 28.5 Å². The topological polar surface area (TPSA) is 116 Å². The smallest absolute Gasteiger partial charge is 0.308 e. The number of para-hydroxylation sites is 2. The Balaban J connectivity index is 1.62. The Morgan fingerprint density at radius 2 is 1.78 bits per heavy atom. The summed E-state index contributed by atoms with van der Waals surface area (Å²) in [6.45, 7) is 5.52. The molecule has 2 aliphatic heterocycles. The Labute approximate surface area is 240 Å². The number of ether oxygens (including phenoxy) is 5. The minimum atomic E-state index is -0.948. The molecule has 2 aromatic rings. The molecule has 0 saturated carbocycles. The van der Waals surface area contributed by atoms with Crippen molar-refractivity contribution in [2.24, 2.45) is 5.92 Å². The number of likely N-dealkylation sites (tertiary alicyclic amines) is 1. The monoisotopic (exact) mass is 572 g/mol. The maximum absolute atomic E-state index is 13.4. The molecule has 1 saturated heterocycles. The zero-order valence-electron chi connectivity index (χ0n) is 24.2. The zero-order valence-corrected chi connectivity index (χ0v) is 24.2. The summed E-state index contributed by atoms with van der Waals surface area (Å²) in [5.74, 6) is 0.249. The van der Waals surface area contributed by atoms with Gasteiger partial charge in [-0.25, -0.2) is 5.06 Å². The van der Waals surface area contributed by atoms with E-state index in [9.17, 15) is 14.7 Å². The van der Waals surface area contributed by atoms with Crippen LogP contribution >= 0.6 is 0 Å². The van der Waals surface area contributed by atoms with Crippen LogP contribution in [0.1, 0.15) is 44.6 Å². The van der Waals surface area contributed by atoms with Gasteiger partial charge in [0.05, 0.1) is 39.9 Å². The molecule has 2 aromatic carbocycles. The summed E-state index contributed by atoms with van der Waals surface area (Å²) in [7, 11) is 3.10. The highest BCUT2D eigenvalue weighted by molar-refractivity contribution is 5.78. The first-order valence-corrected chi connectivity index (χ1v) is 14.0. The van der Waals surface area contributed by atoms with Crippen LogP contribution in [0.4, 0.5) is 0 Å². The maximum Gasteiger partial charge on any atom is 0.308 e. The Morgan fingerprint density at radius 3 is 2.46 bits per heavy atom. The van der Waals surface area contributed by atoms with E-state index in [1.165, 1.54) is 12.2 Å². The molecule has 1 amide bonds. The molecule has 224 valence electrons. The van der Waals surface area contributed by atoms with Crippen molar-refractivity contribution in [3.63, 3.8) is 0 Å². The van der Waals surface area contributed by atoms with Gasteiger partial charge in [0.2, 0.25) is 12.5 Å². The first-order valence-electron chi connectivity index (χ1n) is 14.0. The van der Waals surface area contributed by atoms with E-state index in [1.807, 2.05) is 36.9 Å². The van der Waals surface area contributed by atoms with E-state index >= 15 is 0 Å². The Kier molecular flexibility index (Phi) is 10.5. The Bertz CT molecular complexity index is 1190. The number of benzene rings is 2. The van der Waals surface area contributed by atoms with Crippen LogP contribution in [0, 0.1) is 5.92 Å². The summed E-state index contributed by atoms with van der Waals surface area (Å²) >= 11 is 0. The lowest BCUT2D eigenvalue weighted by Gasteiger charge is -2.29. The second-order valence-electron chi connectivity index (χ2n) is 10.0. The fourth-order valence-corrected chi connectivity index (χ4v) is 5.50. The zero-order chi connectivity index (χ0) is 29.4.